The van der Waals surface area contributed by atoms with Crippen LogP contribution in [0.2, 0.25) is 0 Å². The van der Waals surface area contributed by atoms with Gasteiger partial charge in [0.25, 0.3) is 0 Å². The van der Waals surface area contributed by atoms with Gasteiger partial charge in [0.15, 0.2) is 0 Å². The van der Waals surface area contributed by atoms with Crippen LogP contribution in [0.5, 0.6) is 0 Å². The predicted molar refractivity (Wildman–Crippen MR) is 124 cm³/mol. The van der Waals surface area contributed by atoms with Crippen LogP contribution in [0.15, 0.2) is 71.2 Å². The second-order valence-corrected chi connectivity index (χ2v) is 8.18. The molecule has 1 aliphatic rings. The molecule has 1 aromatic rings. The Hall–Kier alpha value is -2.41. The number of likely N-dealkylation sites (tertiary alicyclic amines) is 1. The van der Waals surface area contributed by atoms with Gasteiger partial charge in [-0.25, -0.2) is 8.78 Å². The molecule has 1 aromatic carbocycles. The molecule has 1 saturated heterocycles. The van der Waals surface area contributed by atoms with Gasteiger partial charge in [-0.1, -0.05) is 37.3 Å². The zero-order valence-corrected chi connectivity index (χ0v) is 19.5. The summed E-state index contributed by atoms with van der Waals surface area (Å²) in [5.74, 6) is -0.959. The Kier molecular flexibility index (Phi) is 10.4. The lowest BCUT2D eigenvalue weighted by atomic mass is 10.0. The third kappa shape index (κ3) is 8.46. The van der Waals surface area contributed by atoms with Crippen LogP contribution < -0.4 is 5.32 Å². The van der Waals surface area contributed by atoms with E-state index in [0.717, 1.165) is 49.2 Å². The van der Waals surface area contributed by atoms with Gasteiger partial charge < -0.3 is 10.2 Å². The smallest absolute Gasteiger partial charge is 0.377 e. The Balaban J connectivity index is 2.30. The van der Waals surface area contributed by atoms with E-state index in [0.29, 0.717) is 6.54 Å². The van der Waals surface area contributed by atoms with E-state index in [4.69, 9.17) is 0 Å². The molecule has 1 N–H and O–H groups in total. The van der Waals surface area contributed by atoms with Crippen LogP contribution in [0.25, 0.3) is 0 Å². The minimum absolute atomic E-state index is 0.00282. The summed E-state index contributed by atoms with van der Waals surface area (Å²) in [6, 6.07) is 6.21. The van der Waals surface area contributed by atoms with Crippen molar-refractivity contribution in [1.29, 1.82) is 0 Å². The standard InChI is InChI=1S/C26H33F5N2/c1-4-8-21(26(29,30)31)17-20(23(28)5-2)12-15-25-24(9-6-7-16-33(25)3)32-18-19-10-13-22(27)14-11-19/h5,8,10-11,13-15,17,24,32H,4,6-7,9,12,16,18H2,1-3H3/b20-17-,21-8-,23-5+,25-15-. The highest BCUT2D eigenvalue weighted by Gasteiger charge is 2.32. The Bertz CT molecular complexity index is 879. The summed E-state index contributed by atoms with van der Waals surface area (Å²) in [7, 11) is 1.94. The fourth-order valence-electron chi connectivity index (χ4n) is 3.88. The summed E-state index contributed by atoms with van der Waals surface area (Å²) < 4.78 is 67.9. The molecular weight excluding hydrogens is 435 g/mol. The second-order valence-electron chi connectivity index (χ2n) is 8.18. The monoisotopic (exact) mass is 468 g/mol. The second kappa shape index (κ2) is 12.7. The van der Waals surface area contributed by atoms with Crippen molar-refractivity contribution >= 4 is 0 Å². The zero-order chi connectivity index (χ0) is 24.4. The first-order chi connectivity index (χ1) is 15.7. The minimum Gasteiger partial charge on any atom is -0.377 e. The summed E-state index contributed by atoms with van der Waals surface area (Å²) in [6.45, 7) is 4.43. The number of likely N-dealkylation sites (N-methyl/N-ethyl adjacent to an activating group) is 1. The number of rotatable bonds is 8. The maximum Gasteiger partial charge on any atom is 0.416 e. The lowest BCUT2D eigenvalue weighted by molar-refractivity contribution is -0.0884. The van der Waals surface area contributed by atoms with Crippen molar-refractivity contribution in [3.8, 4) is 0 Å². The van der Waals surface area contributed by atoms with Crippen LogP contribution in [-0.2, 0) is 6.54 Å². The fourth-order valence-corrected chi connectivity index (χ4v) is 3.88. The van der Waals surface area contributed by atoms with Crippen LogP contribution in [0.1, 0.15) is 51.5 Å². The first-order valence-electron chi connectivity index (χ1n) is 11.3. The molecule has 0 aromatic heterocycles. The summed E-state index contributed by atoms with van der Waals surface area (Å²) in [4.78, 5) is 2.08. The van der Waals surface area contributed by atoms with Gasteiger partial charge >= 0.3 is 6.18 Å². The average molecular weight is 469 g/mol. The molecule has 1 unspecified atom stereocenters. The molecule has 0 aliphatic carbocycles. The Morgan fingerprint density at radius 1 is 1.18 bits per heavy atom. The summed E-state index contributed by atoms with van der Waals surface area (Å²) in [6.07, 6.45) is 3.53. The minimum atomic E-state index is -4.54. The Morgan fingerprint density at radius 3 is 2.48 bits per heavy atom. The molecule has 1 heterocycles. The van der Waals surface area contributed by atoms with Crippen molar-refractivity contribution in [2.75, 3.05) is 13.6 Å². The number of nitrogens with zero attached hydrogens (tertiary/aromatic N) is 1. The van der Waals surface area contributed by atoms with Crippen LogP contribution in [-0.4, -0.2) is 30.7 Å². The van der Waals surface area contributed by atoms with Crippen LogP contribution in [0.4, 0.5) is 22.0 Å². The van der Waals surface area contributed by atoms with E-state index in [-0.39, 0.29) is 30.3 Å². The maximum absolute atomic E-state index is 14.5. The molecule has 7 heteroatoms. The summed E-state index contributed by atoms with van der Waals surface area (Å²) in [5.41, 5.74) is 1.02. The van der Waals surface area contributed by atoms with Crippen LogP contribution in [0.3, 0.4) is 0 Å². The lowest BCUT2D eigenvalue weighted by Gasteiger charge is -2.27. The topological polar surface area (TPSA) is 15.3 Å². The van der Waals surface area contributed by atoms with Gasteiger partial charge in [0.2, 0.25) is 0 Å². The van der Waals surface area contributed by atoms with Gasteiger partial charge in [-0.15, -0.1) is 0 Å². The zero-order valence-electron chi connectivity index (χ0n) is 19.5. The molecule has 0 amide bonds. The number of alkyl halides is 3. The molecule has 1 atom stereocenters. The molecule has 2 rings (SSSR count). The van der Waals surface area contributed by atoms with E-state index in [1.165, 1.54) is 25.1 Å². The van der Waals surface area contributed by atoms with E-state index in [1.54, 1.807) is 19.1 Å². The van der Waals surface area contributed by atoms with Crippen LogP contribution in [0, 0.1) is 5.82 Å². The van der Waals surface area contributed by atoms with Crippen molar-refractivity contribution in [2.45, 2.75) is 64.7 Å². The van der Waals surface area contributed by atoms with E-state index in [1.807, 2.05) is 13.1 Å². The molecule has 0 spiro atoms. The first-order valence-corrected chi connectivity index (χ1v) is 11.3. The van der Waals surface area contributed by atoms with Crippen molar-refractivity contribution < 1.29 is 22.0 Å². The van der Waals surface area contributed by atoms with Gasteiger partial charge in [-0.05, 0) is 68.4 Å². The number of hydrogen-bond acceptors (Lipinski definition) is 2. The van der Waals surface area contributed by atoms with E-state index < -0.39 is 17.6 Å². The highest BCUT2D eigenvalue weighted by atomic mass is 19.4. The largest absolute Gasteiger partial charge is 0.416 e. The van der Waals surface area contributed by atoms with Gasteiger partial charge in [0, 0.05) is 31.9 Å². The van der Waals surface area contributed by atoms with Gasteiger partial charge in [0.1, 0.15) is 11.6 Å². The van der Waals surface area contributed by atoms with Crippen LogP contribution >= 0.6 is 0 Å². The molecule has 0 radical (unpaired) electrons. The van der Waals surface area contributed by atoms with Crippen molar-refractivity contribution in [3.05, 3.63) is 82.6 Å². The van der Waals surface area contributed by atoms with E-state index in [9.17, 15) is 22.0 Å². The lowest BCUT2D eigenvalue weighted by Crippen LogP contribution is -2.35. The average Bonchev–Trinajstić information content (AvgIpc) is 2.95. The highest BCUT2D eigenvalue weighted by molar-refractivity contribution is 5.37. The van der Waals surface area contributed by atoms with E-state index >= 15 is 0 Å². The number of benzene rings is 1. The summed E-state index contributed by atoms with van der Waals surface area (Å²) in [5, 5.41) is 3.48. The number of nitrogens with one attached hydrogen (secondary N) is 1. The quantitative estimate of drug-likeness (QED) is 0.316. The SMILES string of the molecule is C\C=C(F)/C(=C\C(=C\CC)C(F)(F)F)C/C=C1/C(NCc2ccc(F)cc2)CCCCN1C. The third-order valence-electron chi connectivity index (χ3n) is 5.67. The molecule has 0 bridgehead atoms. The molecule has 0 saturated carbocycles. The highest BCUT2D eigenvalue weighted by Crippen LogP contribution is 2.31. The predicted octanol–water partition coefficient (Wildman–Crippen LogP) is 7.37. The van der Waals surface area contributed by atoms with Crippen molar-refractivity contribution in [1.82, 2.24) is 10.2 Å². The Labute approximate surface area is 193 Å². The molecule has 182 valence electrons. The van der Waals surface area contributed by atoms with Gasteiger partial charge in [0.05, 0.1) is 5.57 Å². The molecule has 2 nitrogen and oxygen atoms in total. The van der Waals surface area contributed by atoms with Gasteiger partial charge in [-0.2, -0.15) is 13.2 Å². The number of hydrogen-bond donors (Lipinski definition) is 1. The number of halogens is 5. The maximum atomic E-state index is 14.5. The summed E-state index contributed by atoms with van der Waals surface area (Å²) >= 11 is 0. The molecule has 33 heavy (non-hydrogen) atoms. The van der Waals surface area contributed by atoms with E-state index in [2.05, 4.69) is 10.2 Å². The van der Waals surface area contributed by atoms with Crippen molar-refractivity contribution in [3.63, 3.8) is 0 Å². The fraction of sp³-hybridized carbons (Fsp3) is 0.462. The Morgan fingerprint density at radius 2 is 1.88 bits per heavy atom. The normalized spacial score (nSPS) is 20.4. The third-order valence-corrected chi connectivity index (χ3v) is 5.67. The van der Waals surface area contributed by atoms with Gasteiger partial charge in [-0.3, -0.25) is 0 Å². The number of allylic oxidation sites excluding steroid dienone is 7. The molecular formula is C26H33F5N2. The molecule has 1 aliphatic heterocycles. The first kappa shape index (κ1) is 26.8. The molecule has 1 fully saturated rings. The van der Waals surface area contributed by atoms with Crippen molar-refractivity contribution in [2.24, 2.45) is 0 Å².